The molecule has 0 aliphatic heterocycles. The number of hydrogen-bond donors (Lipinski definition) is 2. The van der Waals surface area contributed by atoms with Crippen LogP contribution in [0.4, 0.5) is 5.69 Å². The Labute approximate surface area is 182 Å². The number of rotatable bonds is 4. The van der Waals surface area contributed by atoms with E-state index < -0.39 is 0 Å². The largest absolute Gasteiger partial charge is 0.465 e. The van der Waals surface area contributed by atoms with E-state index in [4.69, 9.17) is 32.7 Å². The highest BCUT2D eigenvalue weighted by Crippen LogP contribution is 2.32. The van der Waals surface area contributed by atoms with Gasteiger partial charge in [0.15, 0.2) is 10.7 Å². The summed E-state index contributed by atoms with van der Waals surface area (Å²) in [4.78, 5) is 16.5. The Hall–Kier alpha value is -3.42. The van der Waals surface area contributed by atoms with Crippen molar-refractivity contribution in [1.29, 1.82) is 0 Å². The van der Waals surface area contributed by atoms with Gasteiger partial charge in [-0.1, -0.05) is 17.7 Å². The maximum absolute atomic E-state index is 12.0. The van der Waals surface area contributed by atoms with Gasteiger partial charge in [0.25, 0.3) is 0 Å². The summed E-state index contributed by atoms with van der Waals surface area (Å²) in [6.07, 6.45) is 4.41. The molecule has 2 aromatic carbocycles. The fourth-order valence-corrected chi connectivity index (χ4v) is 3.19. The number of carbonyl (C=O) groups excluding carboxylic acids is 1. The third-order valence-electron chi connectivity index (χ3n) is 4.18. The SMILES string of the molecule is Cc1ccc2nc(-c3cc(NC(=S)NC(=O)/C=C/c4ccco4)ccc3Cl)oc2c1. The van der Waals surface area contributed by atoms with Gasteiger partial charge in [-0.05, 0) is 73.2 Å². The van der Waals surface area contributed by atoms with Gasteiger partial charge in [-0.3, -0.25) is 10.1 Å². The third kappa shape index (κ3) is 4.59. The molecule has 0 saturated heterocycles. The van der Waals surface area contributed by atoms with E-state index in [0.29, 0.717) is 33.5 Å². The van der Waals surface area contributed by atoms with Crippen molar-refractivity contribution < 1.29 is 13.6 Å². The molecular weight excluding hydrogens is 422 g/mol. The number of fused-ring (bicyclic) bond motifs is 1. The molecule has 0 spiro atoms. The first kappa shape index (κ1) is 19.9. The van der Waals surface area contributed by atoms with Crippen LogP contribution in [0.3, 0.4) is 0 Å². The van der Waals surface area contributed by atoms with Crippen molar-refractivity contribution in [3.8, 4) is 11.5 Å². The summed E-state index contributed by atoms with van der Waals surface area (Å²) in [5, 5.41) is 6.16. The number of carbonyl (C=O) groups is 1. The minimum absolute atomic E-state index is 0.144. The van der Waals surface area contributed by atoms with Gasteiger partial charge in [-0.15, -0.1) is 0 Å². The van der Waals surface area contributed by atoms with Gasteiger partial charge in [-0.25, -0.2) is 4.98 Å². The third-order valence-corrected chi connectivity index (χ3v) is 4.71. The summed E-state index contributed by atoms with van der Waals surface area (Å²) >= 11 is 11.6. The average molecular weight is 438 g/mol. The van der Waals surface area contributed by atoms with Gasteiger partial charge < -0.3 is 14.2 Å². The second kappa shape index (κ2) is 8.52. The second-order valence-corrected chi connectivity index (χ2v) is 7.29. The number of aromatic nitrogens is 1. The highest BCUT2D eigenvalue weighted by molar-refractivity contribution is 7.80. The van der Waals surface area contributed by atoms with Crippen molar-refractivity contribution in [3.05, 3.63) is 77.2 Å². The Morgan fingerprint density at radius 1 is 1.20 bits per heavy atom. The first-order chi connectivity index (χ1) is 14.5. The van der Waals surface area contributed by atoms with Gasteiger partial charge in [0.05, 0.1) is 16.8 Å². The highest BCUT2D eigenvalue weighted by atomic mass is 35.5. The molecule has 8 heteroatoms. The van der Waals surface area contributed by atoms with Gasteiger partial charge in [0.1, 0.15) is 11.3 Å². The molecule has 4 rings (SSSR count). The first-order valence-corrected chi connectivity index (χ1v) is 9.77. The van der Waals surface area contributed by atoms with Crippen LogP contribution >= 0.6 is 23.8 Å². The number of nitrogens with zero attached hydrogens (tertiary/aromatic N) is 1. The van der Waals surface area contributed by atoms with Crippen molar-refractivity contribution in [1.82, 2.24) is 10.3 Å². The molecule has 2 N–H and O–H groups in total. The van der Waals surface area contributed by atoms with Crippen LogP contribution in [0.15, 0.2) is 69.7 Å². The number of furan rings is 1. The number of anilines is 1. The molecule has 0 unspecified atom stereocenters. The van der Waals surface area contributed by atoms with Gasteiger partial charge in [-0.2, -0.15) is 0 Å². The minimum atomic E-state index is -0.382. The lowest BCUT2D eigenvalue weighted by atomic mass is 10.2. The number of halogens is 1. The lowest BCUT2D eigenvalue weighted by Crippen LogP contribution is -2.32. The zero-order chi connectivity index (χ0) is 21.1. The molecule has 1 amide bonds. The lowest BCUT2D eigenvalue weighted by molar-refractivity contribution is -0.115. The maximum atomic E-state index is 12.0. The van der Waals surface area contributed by atoms with Crippen LogP contribution in [-0.4, -0.2) is 16.0 Å². The van der Waals surface area contributed by atoms with E-state index in [-0.39, 0.29) is 11.0 Å². The van der Waals surface area contributed by atoms with Gasteiger partial charge >= 0.3 is 0 Å². The number of benzene rings is 2. The molecule has 0 radical (unpaired) electrons. The van der Waals surface area contributed by atoms with Crippen LogP contribution in [0, 0.1) is 6.92 Å². The van der Waals surface area contributed by atoms with Crippen LogP contribution in [-0.2, 0) is 4.79 Å². The van der Waals surface area contributed by atoms with E-state index in [1.54, 1.807) is 36.4 Å². The predicted octanol–water partition coefficient (Wildman–Crippen LogP) is 5.58. The zero-order valence-electron chi connectivity index (χ0n) is 15.8. The van der Waals surface area contributed by atoms with E-state index in [1.165, 1.54) is 12.3 Å². The fraction of sp³-hybridized carbons (Fsp3) is 0.0455. The monoisotopic (exact) mass is 437 g/mol. The van der Waals surface area contributed by atoms with Crippen LogP contribution in [0.25, 0.3) is 28.6 Å². The molecule has 0 fully saturated rings. The van der Waals surface area contributed by atoms with Crippen LogP contribution < -0.4 is 10.6 Å². The summed E-state index contributed by atoms with van der Waals surface area (Å²) in [5.41, 5.74) is 3.76. The summed E-state index contributed by atoms with van der Waals surface area (Å²) in [7, 11) is 0. The Morgan fingerprint density at radius 2 is 2.07 bits per heavy atom. The number of hydrogen-bond acceptors (Lipinski definition) is 5. The van der Waals surface area contributed by atoms with Crippen molar-refractivity contribution in [2.75, 3.05) is 5.32 Å². The molecular formula is C22H16ClN3O3S. The highest BCUT2D eigenvalue weighted by Gasteiger charge is 2.13. The number of nitrogens with one attached hydrogen (secondary N) is 2. The Kier molecular flexibility index (Phi) is 5.65. The number of thiocarbonyl (C=S) groups is 1. The van der Waals surface area contributed by atoms with Gasteiger partial charge in [0, 0.05) is 11.8 Å². The molecule has 0 bridgehead atoms. The Balaban J connectivity index is 1.48. The number of oxazole rings is 1. The molecule has 0 atom stereocenters. The topological polar surface area (TPSA) is 80.3 Å². The van der Waals surface area contributed by atoms with Crippen molar-refractivity contribution in [2.45, 2.75) is 6.92 Å². The standard InChI is InChI=1S/C22H16ClN3O3S/c1-13-4-8-18-19(11-13)29-21(25-18)16-12-14(5-7-17(16)23)24-22(30)26-20(27)9-6-15-3-2-10-28-15/h2-12H,1H3,(H2,24,26,27,30)/b9-6+. The molecule has 2 aromatic heterocycles. The number of aryl methyl sites for hydroxylation is 1. The van der Waals surface area contributed by atoms with Crippen LogP contribution in [0.5, 0.6) is 0 Å². The summed E-state index contributed by atoms with van der Waals surface area (Å²) < 4.78 is 11.0. The normalized spacial score (nSPS) is 11.1. The zero-order valence-corrected chi connectivity index (χ0v) is 17.4. The Morgan fingerprint density at radius 3 is 2.87 bits per heavy atom. The van der Waals surface area contributed by atoms with E-state index in [1.807, 2.05) is 25.1 Å². The van der Waals surface area contributed by atoms with Crippen LogP contribution in [0.1, 0.15) is 11.3 Å². The number of amides is 1. The molecule has 2 heterocycles. The minimum Gasteiger partial charge on any atom is -0.465 e. The smallest absolute Gasteiger partial charge is 0.250 e. The Bertz CT molecular complexity index is 1260. The average Bonchev–Trinajstić information content (AvgIpc) is 3.37. The summed E-state index contributed by atoms with van der Waals surface area (Å²) in [5.74, 6) is 0.591. The maximum Gasteiger partial charge on any atom is 0.250 e. The van der Waals surface area contributed by atoms with E-state index in [2.05, 4.69) is 15.6 Å². The summed E-state index contributed by atoms with van der Waals surface area (Å²) in [6.45, 7) is 1.98. The van der Waals surface area contributed by atoms with Crippen molar-refractivity contribution >= 4 is 57.7 Å². The summed E-state index contributed by atoms with van der Waals surface area (Å²) in [6, 6.07) is 14.5. The molecule has 4 aromatic rings. The molecule has 30 heavy (non-hydrogen) atoms. The van der Waals surface area contributed by atoms with E-state index in [9.17, 15) is 4.79 Å². The second-order valence-electron chi connectivity index (χ2n) is 6.48. The molecule has 6 nitrogen and oxygen atoms in total. The first-order valence-electron chi connectivity index (χ1n) is 8.98. The predicted molar refractivity (Wildman–Crippen MR) is 121 cm³/mol. The molecule has 150 valence electrons. The van der Waals surface area contributed by atoms with Crippen molar-refractivity contribution in [3.63, 3.8) is 0 Å². The lowest BCUT2D eigenvalue weighted by Gasteiger charge is -2.09. The van der Waals surface area contributed by atoms with Gasteiger partial charge in [0.2, 0.25) is 11.8 Å². The molecule has 0 aliphatic rings. The van der Waals surface area contributed by atoms with Crippen LogP contribution in [0.2, 0.25) is 5.02 Å². The van der Waals surface area contributed by atoms with E-state index >= 15 is 0 Å². The molecule has 0 saturated carbocycles. The van der Waals surface area contributed by atoms with Crippen molar-refractivity contribution in [2.24, 2.45) is 0 Å². The fourth-order valence-electron chi connectivity index (χ4n) is 2.77. The molecule has 0 aliphatic carbocycles. The quantitative estimate of drug-likeness (QED) is 0.320. The van der Waals surface area contributed by atoms with E-state index in [0.717, 1.165) is 11.1 Å².